The molecule has 0 spiro atoms. The van der Waals surface area contributed by atoms with Gasteiger partial charge < -0.3 is 10.1 Å². The van der Waals surface area contributed by atoms with Crippen molar-refractivity contribution in [3.05, 3.63) is 76.1 Å². The first kappa shape index (κ1) is 21.5. The van der Waals surface area contributed by atoms with Crippen molar-refractivity contribution in [1.82, 2.24) is 15.4 Å². The maximum Gasteiger partial charge on any atom is 0.355 e. The number of carbonyl (C=O) groups is 1. The molecule has 0 saturated heterocycles. The number of hydrogen-bond donors (Lipinski definition) is 3. The van der Waals surface area contributed by atoms with Gasteiger partial charge in [0.25, 0.3) is 5.91 Å². The van der Waals surface area contributed by atoms with Gasteiger partial charge in [-0.3, -0.25) is 25.8 Å². The summed E-state index contributed by atoms with van der Waals surface area (Å²) >= 11 is 0. The first-order valence-corrected chi connectivity index (χ1v) is 9.46. The maximum atomic E-state index is 12.5. The van der Waals surface area contributed by atoms with Crippen LogP contribution in [-0.4, -0.2) is 27.9 Å². The van der Waals surface area contributed by atoms with Crippen molar-refractivity contribution in [2.45, 2.75) is 19.8 Å². The average molecular weight is 422 g/mol. The van der Waals surface area contributed by atoms with Crippen LogP contribution in [0.15, 0.2) is 54.9 Å². The first-order valence-electron chi connectivity index (χ1n) is 9.46. The summed E-state index contributed by atoms with van der Waals surface area (Å²) in [4.78, 5) is 31.4. The van der Waals surface area contributed by atoms with Gasteiger partial charge in [0.05, 0.1) is 17.6 Å². The molecule has 31 heavy (non-hydrogen) atoms. The quantitative estimate of drug-likeness (QED) is 0.366. The van der Waals surface area contributed by atoms with Crippen LogP contribution < -0.4 is 20.9 Å². The number of carbonyl (C=O) groups excluding carboxylic acids is 1. The fourth-order valence-electron chi connectivity index (χ4n) is 2.84. The highest BCUT2D eigenvalue weighted by Crippen LogP contribution is 2.31. The third kappa shape index (κ3) is 5.04. The number of hydrazine groups is 1. The van der Waals surface area contributed by atoms with E-state index in [2.05, 4.69) is 40.0 Å². The molecule has 0 unspecified atom stereocenters. The summed E-state index contributed by atoms with van der Waals surface area (Å²) in [6.45, 7) is 4.16. The summed E-state index contributed by atoms with van der Waals surface area (Å²) in [6, 6.07) is 14.1. The van der Waals surface area contributed by atoms with Crippen LogP contribution in [0.25, 0.3) is 0 Å². The number of anilines is 3. The Balaban J connectivity index is 1.81. The third-order valence-corrected chi connectivity index (χ3v) is 4.49. The van der Waals surface area contributed by atoms with E-state index in [9.17, 15) is 14.9 Å². The number of amides is 1. The molecule has 10 nitrogen and oxygen atoms in total. The predicted molar refractivity (Wildman–Crippen MR) is 117 cm³/mol. The molecular formula is C21H22N6O4. The number of benzene rings is 2. The molecular weight excluding hydrogens is 400 g/mol. The Morgan fingerprint density at radius 2 is 1.74 bits per heavy atom. The second-order valence-electron chi connectivity index (χ2n) is 6.86. The SMILES string of the molecule is COc1ccccc1C(=O)NNc1ncnc(Nc2ccc(C(C)C)cc2)c1[N+](=O)[O-]. The van der Waals surface area contributed by atoms with E-state index < -0.39 is 16.5 Å². The Hall–Kier alpha value is -4.21. The minimum Gasteiger partial charge on any atom is -0.496 e. The Morgan fingerprint density at radius 1 is 1.06 bits per heavy atom. The molecule has 0 saturated carbocycles. The van der Waals surface area contributed by atoms with Gasteiger partial charge in [0, 0.05) is 5.69 Å². The smallest absolute Gasteiger partial charge is 0.355 e. The van der Waals surface area contributed by atoms with Gasteiger partial charge in [-0.1, -0.05) is 38.1 Å². The Kier molecular flexibility index (Phi) is 6.61. The molecule has 3 N–H and O–H groups in total. The van der Waals surface area contributed by atoms with E-state index in [0.717, 1.165) is 11.9 Å². The van der Waals surface area contributed by atoms with E-state index in [0.29, 0.717) is 17.4 Å². The zero-order valence-electron chi connectivity index (χ0n) is 17.2. The molecule has 0 bridgehead atoms. The standard InChI is InChI=1S/C21H22N6O4/c1-13(2)14-8-10-15(11-9-14)24-19-18(27(29)30)20(23-12-22-19)25-26-21(28)16-6-4-5-7-17(16)31-3/h4-13H,1-3H3,(H,26,28)(H2,22,23,24,25). The fraction of sp³-hybridized carbons (Fsp3) is 0.190. The van der Waals surface area contributed by atoms with Crippen LogP contribution in [0.2, 0.25) is 0 Å². The van der Waals surface area contributed by atoms with Crippen molar-refractivity contribution in [1.29, 1.82) is 0 Å². The lowest BCUT2D eigenvalue weighted by molar-refractivity contribution is -0.383. The van der Waals surface area contributed by atoms with Gasteiger partial charge in [-0.05, 0) is 35.7 Å². The molecule has 0 atom stereocenters. The number of hydrogen-bond acceptors (Lipinski definition) is 8. The average Bonchev–Trinajstić information content (AvgIpc) is 2.77. The predicted octanol–water partition coefficient (Wildman–Crippen LogP) is 4.02. The molecule has 1 amide bonds. The summed E-state index contributed by atoms with van der Waals surface area (Å²) in [6.07, 6.45) is 1.16. The molecule has 160 valence electrons. The highest BCUT2D eigenvalue weighted by atomic mass is 16.6. The minimum atomic E-state index is -0.623. The molecule has 1 aromatic heterocycles. The number of rotatable bonds is 8. The number of para-hydroxylation sites is 1. The molecule has 1 heterocycles. The van der Waals surface area contributed by atoms with Crippen LogP contribution in [0.5, 0.6) is 5.75 Å². The van der Waals surface area contributed by atoms with Crippen LogP contribution >= 0.6 is 0 Å². The van der Waals surface area contributed by atoms with Crippen molar-refractivity contribution >= 4 is 28.9 Å². The van der Waals surface area contributed by atoms with Gasteiger partial charge in [-0.15, -0.1) is 0 Å². The monoisotopic (exact) mass is 422 g/mol. The summed E-state index contributed by atoms with van der Waals surface area (Å²) in [5.74, 6) is 0.0244. The van der Waals surface area contributed by atoms with Crippen LogP contribution in [0, 0.1) is 10.1 Å². The number of ether oxygens (including phenoxy) is 1. The van der Waals surface area contributed by atoms with Crippen molar-refractivity contribution in [2.75, 3.05) is 17.9 Å². The lowest BCUT2D eigenvalue weighted by atomic mass is 10.0. The summed E-state index contributed by atoms with van der Waals surface area (Å²) in [7, 11) is 1.44. The molecule has 0 aliphatic heterocycles. The molecule has 3 aromatic rings. The number of aromatic nitrogens is 2. The number of methoxy groups -OCH3 is 1. The second-order valence-corrected chi connectivity index (χ2v) is 6.86. The molecule has 0 aliphatic rings. The van der Waals surface area contributed by atoms with E-state index in [1.165, 1.54) is 7.11 Å². The van der Waals surface area contributed by atoms with E-state index in [-0.39, 0.29) is 17.2 Å². The normalized spacial score (nSPS) is 10.5. The second kappa shape index (κ2) is 9.53. The molecule has 0 radical (unpaired) electrons. The van der Waals surface area contributed by atoms with Gasteiger partial charge in [-0.2, -0.15) is 0 Å². The van der Waals surface area contributed by atoms with E-state index in [4.69, 9.17) is 4.74 Å². The van der Waals surface area contributed by atoms with Gasteiger partial charge in [0.1, 0.15) is 12.1 Å². The van der Waals surface area contributed by atoms with Gasteiger partial charge in [0.2, 0.25) is 11.6 Å². The number of nitro groups is 1. The van der Waals surface area contributed by atoms with E-state index in [1.54, 1.807) is 24.3 Å². The Labute approximate surface area is 178 Å². The fourth-order valence-corrected chi connectivity index (χ4v) is 2.84. The van der Waals surface area contributed by atoms with E-state index in [1.807, 2.05) is 24.3 Å². The van der Waals surface area contributed by atoms with Crippen LogP contribution in [-0.2, 0) is 0 Å². The Morgan fingerprint density at radius 3 is 2.39 bits per heavy atom. The van der Waals surface area contributed by atoms with Gasteiger partial charge in [0.15, 0.2) is 0 Å². The molecule has 0 fully saturated rings. The number of nitrogens with zero attached hydrogens (tertiary/aromatic N) is 3. The summed E-state index contributed by atoms with van der Waals surface area (Å²) in [5.41, 5.74) is 6.54. The maximum absolute atomic E-state index is 12.5. The molecule has 2 aromatic carbocycles. The van der Waals surface area contributed by atoms with Crippen molar-refractivity contribution in [2.24, 2.45) is 0 Å². The van der Waals surface area contributed by atoms with Crippen molar-refractivity contribution in [3.8, 4) is 5.75 Å². The van der Waals surface area contributed by atoms with Crippen LogP contribution in [0.3, 0.4) is 0 Å². The topological polar surface area (TPSA) is 131 Å². The zero-order valence-corrected chi connectivity index (χ0v) is 17.2. The summed E-state index contributed by atoms with van der Waals surface area (Å²) < 4.78 is 5.16. The van der Waals surface area contributed by atoms with Crippen LogP contribution in [0.4, 0.5) is 23.0 Å². The first-order chi connectivity index (χ1) is 14.9. The van der Waals surface area contributed by atoms with Gasteiger partial charge >= 0.3 is 5.69 Å². The van der Waals surface area contributed by atoms with E-state index >= 15 is 0 Å². The lowest BCUT2D eigenvalue weighted by Gasteiger charge is -2.12. The van der Waals surface area contributed by atoms with Crippen LogP contribution in [0.1, 0.15) is 35.7 Å². The molecule has 3 rings (SSSR count). The molecule has 0 aliphatic carbocycles. The minimum absolute atomic E-state index is 0.00802. The third-order valence-electron chi connectivity index (χ3n) is 4.49. The summed E-state index contributed by atoms with van der Waals surface area (Å²) in [5, 5.41) is 14.6. The highest BCUT2D eigenvalue weighted by molar-refractivity contribution is 5.97. The zero-order chi connectivity index (χ0) is 22.4. The molecule has 10 heteroatoms. The van der Waals surface area contributed by atoms with Crippen molar-refractivity contribution < 1.29 is 14.5 Å². The lowest BCUT2D eigenvalue weighted by Crippen LogP contribution is -2.30. The largest absolute Gasteiger partial charge is 0.496 e. The number of nitrogens with one attached hydrogen (secondary N) is 3. The highest BCUT2D eigenvalue weighted by Gasteiger charge is 2.24. The van der Waals surface area contributed by atoms with Crippen molar-refractivity contribution in [3.63, 3.8) is 0 Å². The Bertz CT molecular complexity index is 1090. The van der Waals surface area contributed by atoms with Gasteiger partial charge in [-0.25, -0.2) is 9.97 Å².